The van der Waals surface area contributed by atoms with E-state index in [0.29, 0.717) is 0 Å². The van der Waals surface area contributed by atoms with Crippen LogP contribution in [0.2, 0.25) is 0 Å². The Kier molecular flexibility index (Phi) is 3.90. The molecule has 0 amide bonds. The van der Waals surface area contributed by atoms with Gasteiger partial charge in [0.15, 0.2) is 5.13 Å². The summed E-state index contributed by atoms with van der Waals surface area (Å²) in [5.74, 6) is -0.702. The third-order valence-corrected chi connectivity index (χ3v) is 4.73. The highest BCUT2D eigenvalue weighted by atomic mass is 32.1. The third kappa shape index (κ3) is 2.51. The molecule has 0 spiro atoms. The normalized spacial score (nSPS) is 28.0. The highest BCUT2D eigenvalue weighted by molar-refractivity contribution is 7.13. The molecule has 1 saturated carbocycles. The molecular weight excluding hydrogens is 248 g/mol. The maximum atomic E-state index is 11.5. The molecule has 4 nitrogen and oxygen atoms in total. The van der Waals surface area contributed by atoms with Crippen LogP contribution in [0, 0.1) is 5.41 Å². The van der Waals surface area contributed by atoms with Crippen LogP contribution in [0.15, 0.2) is 5.38 Å². The molecule has 2 atom stereocenters. The zero-order valence-electron chi connectivity index (χ0n) is 10.9. The summed E-state index contributed by atoms with van der Waals surface area (Å²) in [6.07, 6.45) is 4.65. The first-order chi connectivity index (χ1) is 8.56. The zero-order valence-corrected chi connectivity index (χ0v) is 11.7. The number of hydrogen-bond acceptors (Lipinski definition) is 4. The van der Waals surface area contributed by atoms with Crippen LogP contribution in [-0.2, 0) is 11.2 Å². The van der Waals surface area contributed by atoms with Crippen LogP contribution < -0.4 is 5.32 Å². The number of thiazole rings is 1. The summed E-state index contributed by atoms with van der Waals surface area (Å²) in [6.45, 7) is 3.92. The van der Waals surface area contributed by atoms with Gasteiger partial charge in [0.2, 0.25) is 0 Å². The minimum absolute atomic E-state index is 0.0143. The predicted molar refractivity (Wildman–Crippen MR) is 73.1 cm³/mol. The number of carboxylic acid groups (broad SMARTS) is 1. The molecule has 18 heavy (non-hydrogen) atoms. The molecular formula is C13H20N2O2S. The number of nitrogens with zero attached hydrogens (tertiary/aromatic N) is 1. The molecule has 0 saturated heterocycles. The Bertz CT molecular complexity index is 432. The molecule has 0 aliphatic heterocycles. The Morgan fingerprint density at radius 2 is 2.44 bits per heavy atom. The minimum Gasteiger partial charge on any atom is -0.481 e. The van der Waals surface area contributed by atoms with Crippen molar-refractivity contribution < 1.29 is 9.90 Å². The van der Waals surface area contributed by atoms with Crippen LogP contribution in [0.1, 0.15) is 45.2 Å². The van der Waals surface area contributed by atoms with E-state index in [4.69, 9.17) is 0 Å². The largest absolute Gasteiger partial charge is 0.481 e. The van der Waals surface area contributed by atoms with Crippen molar-refractivity contribution in [2.24, 2.45) is 5.41 Å². The molecule has 0 bridgehead atoms. The van der Waals surface area contributed by atoms with Gasteiger partial charge in [-0.25, -0.2) is 4.98 Å². The number of aliphatic carboxylic acids is 1. The molecule has 100 valence electrons. The van der Waals surface area contributed by atoms with E-state index < -0.39 is 11.4 Å². The number of carboxylic acids is 1. The average molecular weight is 268 g/mol. The number of rotatable bonds is 4. The van der Waals surface area contributed by atoms with E-state index in [2.05, 4.69) is 17.2 Å². The van der Waals surface area contributed by atoms with Gasteiger partial charge in [0, 0.05) is 11.4 Å². The van der Waals surface area contributed by atoms with Crippen LogP contribution in [0.5, 0.6) is 0 Å². The summed E-state index contributed by atoms with van der Waals surface area (Å²) in [6, 6.07) is -0.0143. The lowest BCUT2D eigenvalue weighted by atomic mass is 9.72. The van der Waals surface area contributed by atoms with E-state index in [1.54, 1.807) is 11.3 Å². The maximum Gasteiger partial charge on any atom is 0.311 e. The molecule has 0 aromatic carbocycles. The second kappa shape index (κ2) is 5.26. The number of aromatic nitrogens is 1. The summed E-state index contributed by atoms with van der Waals surface area (Å²) in [5, 5.41) is 15.7. The number of anilines is 1. The highest BCUT2D eigenvalue weighted by Gasteiger charge is 2.43. The second-order valence-corrected chi connectivity index (χ2v) is 6.02. The molecule has 1 aromatic rings. The van der Waals surface area contributed by atoms with Crippen LogP contribution in [0.3, 0.4) is 0 Å². The zero-order chi connectivity index (χ0) is 13.2. The van der Waals surface area contributed by atoms with Crippen molar-refractivity contribution in [3.8, 4) is 0 Å². The first kappa shape index (κ1) is 13.3. The van der Waals surface area contributed by atoms with E-state index in [0.717, 1.165) is 42.9 Å². The fraction of sp³-hybridized carbons (Fsp3) is 0.692. The number of carbonyl (C=O) groups is 1. The number of hydrogen-bond donors (Lipinski definition) is 2. The number of aryl methyl sites for hydroxylation is 1. The Hall–Kier alpha value is -1.10. The third-order valence-electron chi connectivity index (χ3n) is 3.91. The van der Waals surface area contributed by atoms with Gasteiger partial charge in [-0.3, -0.25) is 4.79 Å². The maximum absolute atomic E-state index is 11.5. The fourth-order valence-corrected chi connectivity index (χ4v) is 3.35. The molecule has 0 radical (unpaired) electrons. The van der Waals surface area contributed by atoms with Gasteiger partial charge in [-0.15, -0.1) is 11.3 Å². The lowest BCUT2D eigenvalue weighted by molar-refractivity contribution is -0.150. The Balaban J connectivity index is 2.12. The van der Waals surface area contributed by atoms with Gasteiger partial charge in [0.05, 0.1) is 11.1 Å². The summed E-state index contributed by atoms with van der Waals surface area (Å²) in [7, 11) is 0. The van der Waals surface area contributed by atoms with Crippen LogP contribution in [0.4, 0.5) is 5.13 Å². The molecule has 1 fully saturated rings. The Labute approximate surface area is 111 Å². The Morgan fingerprint density at radius 1 is 1.67 bits per heavy atom. The molecule has 1 aliphatic rings. The minimum atomic E-state index is -0.702. The molecule has 2 N–H and O–H groups in total. The van der Waals surface area contributed by atoms with Crippen molar-refractivity contribution in [2.45, 2.75) is 52.0 Å². The summed E-state index contributed by atoms with van der Waals surface area (Å²) >= 11 is 1.57. The van der Waals surface area contributed by atoms with Crippen molar-refractivity contribution in [3.05, 3.63) is 11.1 Å². The predicted octanol–water partition coefficient (Wildman–Crippen LogP) is 3.15. The standard InChI is InChI=1S/C13H20N2O2S/c1-3-9-8-18-12(14-9)15-10-6-4-5-7-13(10,2)11(16)17/h8,10H,3-7H2,1-2H3,(H,14,15)(H,16,17). The molecule has 5 heteroatoms. The van der Waals surface area contributed by atoms with E-state index >= 15 is 0 Å². The van der Waals surface area contributed by atoms with Gasteiger partial charge >= 0.3 is 5.97 Å². The summed E-state index contributed by atoms with van der Waals surface area (Å²) in [5.41, 5.74) is 0.395. The van der Waals surface area contributed by atoms with Gasteiger partial charge in [0.25, 0.3) is 0 Å². The van der Waals surface area contributed by atoms with Gasteiger partial charge in [-0.05, 0) is 26.2 Å². The second-order valence-electron chi connectivity index (χ2n) is 5.16. The van der Waals surface area contributed by atoms with E-state index in [1.165, 1.54) is 0 Å². The van der Waals surface area contributed by atoms with E-state index in [1.807, 2.05) is 12.3 Å². The van der Waals surface area contributed by atoms with Crippen LogP contribution in [-0.4, -0.2) is 22.1 Å². The quantitative estimate of drug-likeness (QED) is 0.880. The topological polar surface area (TPSA) is 62.2 Å². The van der Waals surface area contributed by atoms with Gasteiger partial charge < -0.3 is 10.4 Å². The molecule has 1 aromatic heterocycles. The van der Waals surface area contributed by atoms with Crippen molar-refractivity contribution in [1.29, 1.82) is 0 Å². The van der Waals surface area contributed by atoms with Gasteiger partial charge in [-0.2, -0.15) is 0 Å². The highest BCUT2D eigenvalue weighted by Crippen LogP contribution is 2.38. The van der Waals surface area contributed by atoms with Crippen LogP contribution >= 0.6 is 11.3 Å². The van der Waals surface area contributed by atoms with Gasteiger partial charge in [0.1, 0.15) is 0 Å². The molecule has 1 heterocycles. The molecule has 2 unspecified atom stereocenters. The number of nitrogens with one attached hydrogen (secondary N) is 1. The molecule has 1 aliphatic carbocycles. The Morgan fingerprint density at radius 3 is 3.06 bits per heavy atom. The smallest absolute Gasteiger partial charge is 0.311 e. The first-order valence-electron chi connectivity index (χ1n) is 6.50. The lowest BCUT2D eigenvalue weighted by Gasteiger charge is -2.38. The molecule has 2 rings (SSSR count). The first-order valence-corrected chi connectivity index (χ1v) is 7.38. The fourth-order valence-electron chi connectivity index (χ4n) is 2.51. The van der Waals surface area contributed by atoms with Gasteiger partial charge in [-0.1, -0.05) is 19.8 Å². The van der Waals surface area contributed by atoms with Crippen molar-refractivity contribution >= 4 is 22.4 Å². The lowest BCUT2D eigenvalue weighted by Crippen LogP contribution is -2.46. The van der Waals surface area contributed by atoms with E-state index in [-0.39, 0.29) is 6.04 Å². The SMILES string of the molecule is CCc1csc(NC2CCCCC2(C)C(=O)O)n1. The van der Waals surface area contributed by atoms with Crippen molar-refractivity contribution in [3.63, 3.8) is 0 Å². The van der Waals surface area contributed by atoms with E-state index in [9.17, 15) is 9.90 Å². The van der Waals surface area contributed by atoms with Crippen molar-refractivity contribution in [2.75, 3.05) is 5.32 Å². The summed E-state index contributed by atoms with van der Waals surface area (Å²) in [4.78, 5) is 15.9. The average Bonchev–Trinajstić information content (AvgIpc) is 2.80. The van der Waals surface area contributed by atoms with Crippen molar-refractivity contribution in [1.82, 2.24) is 4.98 Å². The monoisotopic (exact) mass is 268 g/mol. The van der Waals surface area contributed by atoms with Crippen LogP contribution in [0.25, 0.3) is 0 Å². The summed E-state index contributed by atoms with van der Waals surface area (Å²) < 4.78 is 0.